The second-order valence-corrected chi connectivity index (χ2v) is 5.26. The highest BCUT2D eigenvalue weighted by Gasteiger charge is 2.19. The van der Waals surface area contributed by atoms with E-state index >= 15 is 0 Å². The zero-order chi connectivity index (χ0) is 12.8. The Bertz CT molecular complexity index is 359. The summed E-state index contributed by atoms with van der Waals surface area (Å²) >= 11 is 0. The summed E-state index contributed by atoms with van der Waals surface area (Å²) in [7, 11) is 0. The molecule has 1 saturated carbocycles. The van der Waals surface area contributed by atoms with E-state index in [1.165, 1.54) is 25.7 Å². The molecular weight excluding hydrogens is 224 g/mol. The van der Waals surface area contributed by atoms with Crippen LogP contribution in [0.4, 0.5) is 0 Å². The Hall–Kier alpha value is -1.09. The number of nitrogens with zero attached hydrogens (tertiary/aromatic N) is 1. The van der Waals surface area contributed by atoms with Gasteiger partial charge in [0, 0.05) is 18.8 Å². The van der Waals surface area contributed by atoms with Crippen LogP contribution in [0, 0.1) is 5.92 Å². The van der Waals surface area contributed by atoms with Crippen molar-refractivity contribution in [3.05, 3.63) is 24.0 Å². The molecule has 1 aromatic heterocycles. The molecule has 18 heavy (non-hydrogen) atoms. The van der Waals surface area contributed by atoms with Crippen LogP contribution in [0.2, 0.25) is 0 Å². The van der Waals surface area contributed by atoms with Crippen molar-refractivity contribution in [3.63, 3.8) is 0 Å². The van der Waals surface area contributed by atoms with Gasteiger partial charge in [0.25, 0.3) is 0 Å². The predicted octanol–water partition coefficient (Wildman–Crippen LogP) is 3.15. The molecule has 0 atom stereocenters. The molecule has 0 unspecified atom stereocenters. The molecule has 3 nitrogen and oxygen atoms in total. The summed E-state index contributed by atoms with van der Waals surface area (Å²) in [5.41, 5.74) is 1.05. The SMILES string of the molecule is CCNCc1cc(OC2CCC(C)CC2)ccn1. The van der Waals surface area contributed by atoms with Gasteiger partial charge < -0.3 is 10.1 Å². The van der Waals surface area contributed by atoms with Crippen LogP contribution in [0.5, 0.6) is 5.75 Å². The van der Waals surface area contributed by atoms with E-state index in [1.807, 2.05) is 12.3 Å². The molecule has 1 fully saturated rings. The summed E-state index contributed by atoms with van der Waals surface area (Å²) < 4.78 is 6.06. The third-order valence-electron chi connectivity index (χ3n) is 3.61. The Morgan fingerprint density at radius 1 is 1.33 bits per heavy atom. The molecule has 0 aliphatic heterocycles. The quantitative estimate of drug-likeness (QED) is 0.869. The lowest BCUT2D eigenvalue weighted by molar-refractivity contribution is 0.135. The molecule has 0 saturated heterocycles. The van der Waals surface area contributed by atoms with E-state index in [1.54, 1.807) is 0 Å². The first-order valence-corrected chi connectivity index (χ1v) is 7.10. The number of hydrogen-bond acceptors (Lipinski definition) is 3. The van der Waals surface area contributed by atoms with Gasteiger partial charge >= 0.3 is 0 Å². The van der Waals surface area contributed by atoms with Crippen LogP contribution in [0.15, 0.2) is 18.3 Å². The lowest BCUT2D eigenvalue weighted by Crippen LogP contribution is -2.23. The van der Waals surface area contributed by atoms with Gasteiger partial charge in [-0.15, -0.1) is 0 Å². The van der Waals surface area contributed by atoms with Crippen LogP contribution < -0.4 is 10.1 Å². The van der Waals surface area contributed by atoms with E-state index in [2.05, 4.69) is 30.2 Å². The van der Waals surface area contributed by atoms with E-state index in [-0.39, 0.29) is 0 Å². The number of aromatic nitrogens is 1. The molecule has 2 rings (SSSR count). The summed E-state index contributed by atoms with van der Waals surface area (Å²) in [6.07, 6.45) is 7.20. The van der Waals surface area contributed by atoms with Gasteiger partial charge in [-0.25, -0.2) is 0 Å². The summed E-state index contributed by atoms with van der Waals surface area (Å²) in [6.45, 7) is 6.21. The number of rotatable bonds is 5. The Labute approximate surface area is 110 Å². The molecular formula is C15H24N2O. The van der Waals surface area contributed by atoms with Gasteiger partial charge in [-0.05, 0) is 44.2 Å². The van der Waals surface area contributed by atoms with Crippen molar-refractivity contribution < 1.29 is 4.74 Å². The lowest BCUT2D eigenvalue weighted by atomic mass is 9.89. The predicted molar refractivity (Wildman–Crippen MR) is 73.7 cm³/mol. The van der Waals surface area contributed by atoms with Crippen molar-refractivity contribution in [2.45, 2.75) is 52.2 Å². The average molecular weight is 248 g/mol. The lowest BCUT2D eigenvalue weighted by Gasteiger charge is -2.26. The van der Waals surface area contributed by atoms with E-state index in [0.29, 0.717) is 6.10 Å². The number of hydrogen-bond donors (Lipinski definition) is 1. The van der Waals surface area contributed by atoms with Gasteiger partial charge in [0.15, 0.2) is 0 Å². The summed E-state index contributed by atoms with van der Waals surface area (Å²) in [5, 5.41) is 3.28. The minimum atomic E-state index is 0.399. The Morgan fingerprint density at radius 3 is 2.83 bits per heavy atom. The number of nitrogens with one attached hydrogen (secondary N) is 1. The first-order valence-electron chi connectivity index (χ1n) is 7.10. The maximum absolute atomic E-state index is 6.06. The second kappa shape index (κ2) is 6.74. The third-order valence-corrected chi connectivity index (χ3v) is 3.61. The Balaban J connectivity index is 1.88. The van der Waals surface area contributed by atoms with Crippen molar-refractivity contribution in [1.82, 2.24) is 10.3 Å². The van der Waals surface area contributed by atoms with E-state index in [9.17, 15) is 0 Å². The molecule has 1 aliphatic carbocycles. The zero-order valence-electron chi connectivity index (χ0n) is 11.5. The fraction of sp³-hybridized carbons (Fsp3) is 0.667. The van der Waals surface area contributed by atoms with Gasteiger partial charge in [0.1, 0.15) is 5.75 Å². The molecule has 3 heteroatoms. The largest absolute Gasteiger partial charge is 0.490 e. The summed E-state index contributed by atoms with van der Waals surface area (Å²) in [4.78, 5) is 4.34. The number of pyridine rings is 1. The van der Waals surface area contributed by atoms with Crippen LogP contribution in [-0.2, 0) is 6.54 Å². The summed E-state index contributed by atoms with van der Waals surface area (Å²) in [6, 6.07) is 4.02. The van der Waals surface area contributed by atoms with Crippen LogP contribution in [0.25, 0.3) is 0 Å². The minimum absolute atomic E-state index is 0.399. The van der Waals surface area contributed by atoms with Crippen molar-refractivity contribution >= 4 is 0 Å². The first-order chi connectivity index (χ1) is 8.78. The molecule has 1 aromatic rings. The number of ether oxygens (including phenoxy) is 1. The molecule has 0 radical (unpaired) electrons. The van der Waals surface area contributed by atoms with E-state index < -0.39 is 0 Å². The fourth-order valence-electron chi connectivity index (χ4n) is 2.42. The van der Waals surface area contributed by atoms with Gasteiger partial charge in [-0.3, -0.25) is 4.98 Å². The fourth-order valence-corrected chi connectivity index (χ4v) is 2.42. The zero-order valence-corrected chi connectivity index (χ0v) is 11.5. The highest BCUT2D eigenvalue weighted by Crippen LogP contribution is 2.27. The van der Waals surface area contributed by atoms with Crippen LogP contribution in [-0.4, -0.2) is 17.6 Å². The first kappa shape index (κ1) is 13.3. The van der Waals surface area contributed by atoms with E-state index in [4.69, 9.17) is 4.74 Å². The maximum atomic E-state index is 6.06. The third kappa shape index (κ3) is 3.98. The average Bonchev–Trinajstić information content (AvgIpc) is 2.40. The van der Waals surface area contributed by atoms with Crippen molar-refractivity contribution in [3.8, 4) is 5.75 Å². The topological polar surface area (TPSA) is 34.1 Å². The van der Waals surface area contributed by atoms with Crippen molar-refractivity contribution in [1.29, 1.82) is 0 Å². The monoisotopic (exact) mass is 248 g/mol. The van der Waals surface area contributed by atoms with Crippen molar-refractivity contribution in [2.75, 3.05) is 6.54 Å². The Morgan fingerprint density at radius 2 is 2.11 bits per heavy atom. The molecule has 1 N–H and O–H groups in total. The smallest absolute Gasteiger partial charge is 0.123 e. The van der Waals surface area contributed by atoms with Gasteiger partial charge in [0.2, 0.25) is 0 Å². The molecule has 0 amide bonds. The standard InChI is InChI=1S/C15H24N2O/c1-3-16-11-13-10-15(8-9-17-13)18-14-6-4-12(2)5-7-14/h8-10,12,14,16H,3-7,11H2,1-2H3. The van der Waals surface area contributed by atoms with E-state index in [0.717, 1.165) is 30.5 Å². The Kier molecular flexibility index (Phi) is 5.00. The normalized spacial score (nSPS) is 23.9. The minimum Gasteiger partial charge on any atom is -0.490 e. The molecule has 1 aliphatic rings. The molecule has 0 bridgehead atoms. The van der Waals surface area contributed by atoms with Gasteiger partial charge in [-0.2, -0.15) is 0 Å². The maximum Gasteiger partial charge on any atom is 0.123 e. The van der Waals surface area contributed by atoms with Gasteiger partial charge in [-0.1, -0.05) is 13.8 Å². The molecule has 100 valence electrons. The van der Waals surface area contributed by atoms with Crippen molar-refractivity contribution in [2.24, 2.45) is 5.92 Å². The molecule has 1 heterocycles. The highest BCUT2D eigenvalue weighted by molar-refractivity contribution is 5.23. The van der Waals surface area contributed by atoms with Crippen LogP contribution in [0.1, 0.15) is 45.2 Å². The van der Waals surface area contributed by atoms with Crippen LogP contribution >= 0.6 is 0 Å². The molecule has 0 spiro atoms. The van der Waals surface area contributed by atoms with Gasteiger partial charge in [0.05, 0.1) is 11.8 Å². The summed E-state index contributed by atoms with van der Waals surface area (Å²) in [5.74, 6) is 1.84. The second-order valence-electron chi connectivity index (χ2n) is 5.26. The van der Waals surface area contributed by atoms with Crippen LogP contribution in [0.3, 0.4) is 0 Å². The highest BCUT2D eigenvalue weighted by atomic mass is 16.5. The molecule has 0 aromatic carbocycles.